The highest BCUT2D eigenvalue weighted by atomic mass is 35.5. The predicted octanol–water partition coefficient (Wildman–Crippen LogP) is 5.27. The van der Waals surface area contributed by atoms with Crippen LogP contribution in [-0.2, 0) is 0 Å². The summed E-state index contributed by atoms with van der Waals surface area (Å²) >= 11 is 5.89. The molecule has 0 saturated heterocycles. The van der Waals surface area contributed by atoms with Gasteiger partial charge in [0.2, 0.25) is 0 Å². The lowest BCUT2D eigenvalue weighted by Crippen LogP contribution is -2.05. The maximum Gasteiger partial charge on any atom is 0.176 e. The minimum atomic E-state index is 0.0447. The zero-order chi connectivity index (χ0) is 14.8. The molecule has 1 atom stereocenters. The molecule has 1 aromatic heterocycles. The topological polar surface area (TPSA) is 34.4 Å². The monoisotopic (exact) mass is 301 g/mol. The molecule has 0 fully saturated rings. The molecule has 0 bridgehead atoms. The van der Waals surface area contributed by atoms with E-state index in [1.165, 1.54) is 0 Å². The van der Waals surface area contributed by atoms with E-state index in [1.54, 1.807) is 7.11 Å². The maximum absolute atomic E-state index is 5.93. The lowest BCUT2D eigenvalue weighted by Gasteiger charge is -2.12. The molecule has 4 heteroatoms. The molecule has 0 aliphatic rings. The fourth-order valence-corrected chi connectivity index (χ4v) is 2.42. The van der Waals surface area contributed by atoms with Crippen LogP contribution in [0.5, 0.6) is 5.75 Å². The standard InChI is InChI=1S/C17H16ClNO2/c1-11(19-14-8-6-13(18)7-9-14)16-10-12-4-3-5-15(20-2)17(12)21-16/h3-11,19H,1-2H3. The molecule has 1 heterocycles. The Morgan fingerprint density at radius 2 is 1.90 bits per heavy atom. The van der Waals surface area contributed by atoms with Gasteiger partial charge in [-0.1, -0.05) is 23.7 Å². The zero-order valence-corrected chi connectivity index (χ0v) is 12.6. The number of ether oxygens (including phenoxy) is 1. The molecule has 21 heavy (non-hydrogen) atoms. The Labute approximate surface area is 128 Å². The summed E-state index contributed by atoms with van der Waals surface area (Å²) in [4.78, 5) is 0. The molecule has 2 aromatic carbocycles. The molecule has 0 amide bonds. The molecule has 0 spiro atoms. The molecule has 108 valence electrons. The van der Waals surface area contributed by atoms with Gasteiger partial charge in [-0.2, -0.15) is 0 Å². The molecule has 0 saturated carbocycles. The second-order valence-corrected chi connectivity index (χ2v) is 5.34. The Hall–Kier alpha value is -2.13. The van der Waals surface area contributed by atoms with Crippen LogP contribution in [0.1, 0.15) is 18.7 Å². The molecule has 0 aliphatic heterocycles. The highest BCUT2D eigenvalue weighted by molar-refractivity contribution is 6.30. The molecule has 1 unspecified atom stereocenters. The van der Waals surface area contributed by atoms with Crippen molar-refractivity contribution in [3.05, 3.63) is 59.3 Å². The van der Waals surface area contributed by atoms with E-state index in [0.29, 0.717) is 0 Å². The molecule has 0 aliphatic carbocycles. The van der Waals surface area contributed by atoms with Gasteiger partial charge >= 0.3 is 0 Å². The van der Waals surface area contributed by atoms with Crippen molar-refractivity contribution >= 4 is 28.3 Å². The number of nitrogens with one attached hydrogen (secondary N) is 1. The maximum atomic E-state index is 5.93. The van der Waals surface area contributed by atoms with Crippen LogP contribution in [0.4, 0.5) is 5.69 Å². The molecule has 3 aromatic rings. The van der Waals surface area contributed by atoms with Gasteiger partial charge < -0.3 is 14.5 Å². The quantitative estimate of drug-likeness (QED) is 0.713. The van der Waals surface area contributed by atoms with Gasteiger partial charge in [-0.15, -0.1) is 0 Å². The molecular formula is C17H16ClNO2. The summed E-state index contributed by atoms with van der Waals surface area (Å²) in [5.74, 6) is 1.61. The van der Waals surface area contributed by atoms with E-state index in [-0.39, 0.29) is 6.04 Å². The molecule has 3 rings (SSSR count). The molecule has 3 nitrogen and oxygen atoms in total. The lowest BCUT2D eigenvalue weighted by molar-refractivity contribution is 0.406. The van der Waals surface area contributed by atoms with Crippen molar-refractivity contribution in [1.82, 2.24) is 0 Å². The summed E-state index contributed by atoms with van der Waals surface area (Å²) in [6, 6.07) is 15.6. The summed E-state index contributed by atoms with van der Waals surface area (Å²) in [6.45, 7) is 2.05. The van der Waals surface area contributed by atoms with Crippen molar-refractivity contribution in [3.8, 4) is 5.75 Å². The normalized spacial score (nSPS) is 12.3. The number of hydrogen-bond acceptors (Lipinski definition) is 3. The lowest BCUT2D eigenvalue weighted by atomic mass is 10.2. The smallest absolute Gasteiger partial charge is 0.176 e. The first-order valence-corrected chi connectivity index (χ1v) is 7.14. The minimum absolute atomic E-state index is 0.0447. The highest BCUT2D eigenvalue weighted by Gasteiger charge is 2.13. The summed E-state index contributed by atoms with van der Waals surface area (Å²) in [5, 5.41) is 5.15. The number of para-hydroxylation sites is 1. The summed E-state index contributed by atoms with van der Waals surface area (Å²) in [6.07, 6.45) is 0. The number of rotatable bonds is 4. The Kier molecular flexibility index (Phi) is 3.76. The van der Waals surface area contributed by atoms with E-state index in [2.05, 4.69) is 12.2 Å². The zero-order valence-electron chi connectivity index (χ0n) is 11.9. The van der Waals surface area contributed by atoms with Gasteiger partial charge in [-0.3, -0.25) is 0 Å². The van der Waals surface area contributed by atoms with Crippen LogP contribution in [-0.4, -0.2) is 7.11 Å². The largest absolute Gasteiger partial charge is 0.493 e. The van der Waals surface area contributed by atoms with Crippen LogP contribution >= 0.6 is 11.6 Å². The number of methoxy groups -OCH3 is 1. The molecule has 1 N–H and O–H groups in total. The third-order valence-electron chi connectivity index (χ3n) is 3.40. The highest BCUT2D eigenvalue weighted by Crippen LogP contribution is 2.32. The van der Waals surface area contributed by atoms with Crippen molar-refractivity contribution in [2.45, 2.75) is 13.0 Å². The van der Waals surface area contributed by atoms with Crippen LogP contribution in [0, 0.1) is 0 Å². The van der Waals surface area contributed by atoms with Gasteiger partial charge in [0.1, 0.15) is 5.76 Å². The Morgan fingerprint density at radius 3 is 2.62 bits per heavy atom. The van der Waals surface area contributed by atoms with E-state index in [0.717, 1.165) is 33.2 Å². The third kappa shape index (κ3) is 2.83. The van der Waals surface area contributed by atoms with Gasteiger partial charge in [0.05, 0.1) is 13.2 Å². The van der Waals surface area contributed by atoms with Crippen LogP contribution in [0.3, 0.4) is 0 Å². The number of hydrogen-bond donors (Lipinski definition) is 1. The van der Waals surface area contributed by atoms with E-state index in [9.17, 15) is 0 Å². The number of benzene rings is 2. The van der Waals surface area contributed by atoms with Gasteiger partial charge in [0, 0.05) is 16.1 Å². The van der Waals surface area contributed by atoms with Crippen molar-refractivity contribution in [2.24, 2.45) is 0 Å². The predicted molar refractivity (Wildman–Crippen MR) is 86.3 cm³/mol. The van der Waals surface area contributed by atoms with Crippen molar-refractivity contribution in [1.29, 1.82) is 0 Å². The van der Waals surface area contributed by atoms with Gasteiger partial charge in [0.15, 0.2) is 11.3 Å². The number of fused-ring (bicyclic) bond motifs is 1. The Morgan fingerprint density at radius 1 is 1.14 bits per heavy atom. The minimum Gasteiger partial charge on any atom is -0.493 e. The Balaban J connectivity index is 1.87. The summed E-state index contributed by atoms with van der Waals surface area (Å²) in [7, 11) is 1.65. The second-order valence-electron chi connectivity index (χ2n) is 4.90. The van der Waals surface area contributed by atoms with Crippen LogP contribution < -0.4 is 10.1 Å². The first kappa shape index (κ1) is 13.8. The first-order valence-electron chi connectivity index (χ1n) is 6.76. The van der Waals surface area contributed by atoms with E-state index in [1.807, 2.05) is 48.5 Å². The fourth-order valence-electron chi connectivity index (χ4n) is 2.30. The molecular weight excluding hydrogens is 286 g/mol. The van der Waals surface area contributed by atoms with Crippen molar-refractivity contribution < 1.29 is 9.15 Å². The first-order chi connectivity index (χ1) is 10.2. The van der Waals surface area contributed by atoms with Gasteiger partial charge in [0.25, 0.3) is 0 Å². The molecule has 0 radical (unpaired) electrons. The van der Waals surface area contributed by atoms with E-state index < -0.39 is 0 Å². The summed E-state index contributed by atoms with van der Waals surface area (Å²) < 4.78 is 11.3. The number of furan rings is 1. The van der Waals surface area contributed by atoms with Crippen LogP contribution in [0.15, 0.2) is 52.9 Å². The van der Waals surface area contributed by atoms with Crippen molar-refractivity contribution in [3.63, 3.8) is 0 Å². The Bertz CT molecular complexity index is 749. The fraction of sp³-hybridized carbons (Fsp3) is 0.176. The third-order valence-corrected chi connectivity index (χ3v) is 3.65. The van der Waals surface area contributed by atoms with E-state index in [4.69, 9.17) is 20.8 Å². The number of anilines is 1. The van der Waals surface area contributed by atoms with Crippen LogP contribution in [0.2, 0.25) is 5.02 Å². The van der Waals surface area contributed by atoms with Crippen molar-refractivity contribution in [2.75, 3.05) is 12.4 Å². The number of halogens is 1. The summed E-state index contributed by atoms with van der Waals surface area (Å²) in [5.41, 5.74) is 1.78. The van der Waals surface area contributed by atoms with Gasteiger partial charge in [-0.25, -0.2) is 0 Å². The second kappa shape index (κ2) is 5.70. The van der Waals surface area contributed by atoms with Gasteiger partial charge in [-0.05, 0) is 43.3 Å². The SMILES string of the molecule is COc1cccc2cc(C(C)Nc3ccc(Cl)cc3)oc12. The average Bonchev–Trinajstić information content (AvgIpc) is 2.93. The van der Waals surface area contributed by atoms with Crippen LogP contribution in [0.25, 0.3) is 11.0 Å². The average molecular weight is 302 g/mol. The van der Waals surface area contributed by atoms with E-state index >= 15 is 0 Å².